The molecule has 0 bridgehead atoms. The molecule has 0 amide bonds. The molecule has 1 aliphatic rings. The summed E-state index contributed by atoms with van der Waals surface area (Å²) in [5.41, 5.74) is 27.0. The normalized spacial score (nSPS) is 12.4. The van der Waals surface area contributed by atoms with Crippen molar-refractivity contribution in [2.24, 2.45) is 5.73 Å². The van der Waals surface area contributed by atoms with Crippen molar-refractivity contribution in [2.45, 2.75) is 40.2 Å². The minimum Gasteiger partial charge on any atom is -0.496 e. The van der Waals surface area contributed by atoms with Crippen LogP contribution in [0.1, 0.15) is 71.7 Å². The minimum atomic E-state index is 0.566. The lowest BCUT2D eigenvalue weighted by Crippen LogP contribution is -1.97. The predicted molar refractivity (Wildman–Crippen MR) is 356 cm³/mol. The van der Waals surface area contributed by atoms with Crippen molar-refractivity contribution < 1.29 is 14.2 Å². The van der Waals surface area contributed by atoms with E-state index < -0.39 is 0 Å². The molecule has 0 aliphatic heterocycles. The quantitative estimate of drug-likeness (QED) is 0.0980. The zero-order valence-corrected chi connectivity index (χ0v) is 48.6. The fourth-order valence-corrected chi connectivity index (χ4v) is 10.6. The maximum atomic E-state index is 5.99. The van der Waals surface area contributed by atoms with Crippen LogP contribution in [0.5, 0.6) is 11.5 Å². The first-order valence-corrected chi connectivity index (χ1v) is 28.6. The molecule has 4 nitrogen and oxygen atoms in total. The number of nitrogens with two attached hydrogens (primary N) is 1. The molecule has 2 N–H and O–H groups in total. The summed E-state index contributed by atoms with van der Waals surface area (Å²) >= 11 is 0. The van der Waals surface area contributed by atoms with E-state index in [9.17, 15) is 0 Å². The lowest BCUT2D eigenvalue weighted by atomic mass is 9.92. The van der Waals surface area contributed by atoms with Gasteiger partial charge in [-0.2, -0.15) is 0 Å². The molecule has 0 radical (unpaired) electrons. The fourth-order valence-electron chi connectivity index (χ4n) is 10.6. The van der Waals surface area contributed by atoms with E-state index in [-0.39, 0.29) is 0 Å². The summed E-state index contributed by atoms with van der Waals surface area (Å²) in [6.07, 6.45) is 21.1. The molecule has 1 aliphatic carbocycles. The molecule has 10 aromatic rings. The van der Waals surface area contributed by atoms with E-state index in [1.165, 1.54) is 77.6 Å². The number of rotatable bonds is 16. The van der Waals surface area contributed by atoms with E-state index >= 15 is 0 Å². The Morgan fingerprint density at radius 1 is 0.494 bits per heavy atom. The number of hydrogen-bond donors (Lipinski definition) is 1. The van der Waals surface area contributed by atoms with E-state index in [0.717, 1.165) is 68.6 Å². The Labute approximate surface area is 491 Å². The Kier molecular flexibility index (Phi) is 20.0. The second-order valence-corrected chi connectivity index (χ2v) is 19.9. The van der Waals surface area contributed by atoms with Crippen molar-refractivity contribution in [3.63, 3.8) is 0 Å². The largest absolute Gasteiger partial charge is 0.496 e. The standard InChI is InChI=1S/C51H44O2.C26H23NO.C2H6/c1-4-11-46(47-17-6-5-14-45(47)36-52-2)44-32-29-42(30-33-44)41-26-22-38(23-27-41)13-9-12-37-20-24-40(25-21-37)39-15-10-16-43(31-28-39)48-34-35-51(53-3)50-19-8-7-18-49(48)50;1-3-25(27)21-14-10-19(11-15-21)18-8-12-20(13-9-18)22-16-17-26(28-2)24-7-5-4-6-23(22)24;1-2/h4-9,11,13-35H,1,10,12,36H2,2-3H3;3-17H,27H2,1-2H3;1-2H3/b13-9+,46-11-;25-3-;. The van der Waals surface area contributed by atoms with Crippen LogP contribution in [0.25, 0.3) is 83.4 Å². The Hall–Kier alpha value is -9.74. The van der Waals surface area contributed by atoms with Gasteiger partial charge in [-0.25, -0.2) is 0 Å². The number of methoxy groups -OCH3 is 3. The molecular weight excluding hydrogens is 1010 g/mol. The number of hydrogen-bond acceptors (Lipinski definition) is 4. The van der Waals surface area contributed by atoms with E-state index in [2.05, 4.69) is 255 Å². The van der Waals surface area contributed by atoms with Crippen molar-refractivity contribution in [3.05, 3.63) is 318 Å². The van der Waals surface area contributed by atoms with Crippen LogP contribution in [0.3, 0.4) is 0 Å². The van der Waals surface area contributed by atoms with Gasteiger partial charge in [0.05, 0.1) is 20.8 Å². The molecule has 0 heterocycles. The van der Waals surface area contributed by atoms with Crippen LogP contribution in [0.4, 0.5) is 0 Å². The lowest BCUT2D eigenvalue weighted by molar-refractivity contribution is 0.184. The third-order valence-corrected chi connectivity index (χ3v) is 15.0. The molecule has 4 heteroatoms. The van der Waals surface area contributed by atoms with Gasteiger partial charge in [0, 0.05) is 23.6 Å². The van der Waals surface area contributed by atoms with Gasteiger partial charge >= 0.3 is 0 Å². The maximum absolute atomic E-state index is 5.99. The van der Waals surface area contributed by atoms with Gasteiger partial charge in [-0.1, -0.05) is 281 Å². The molecule has 0 atom stereocenters. The van der Waals surface area contributed by atoms with Crippen LogP contribution in [0.15, 0.2) is 274 Å². The third-order valence-electron chi connectivity index (χ3n) is 15.0. The molecule has 10 aromatic carbocycles. The number of allylic oxidation sites excluding steroid dienone is 10. The molecule has 412 valence electrons. The van der Waals surface area contributed by atoms with Crippen LogP contribution in [0, 0.1) is 0 Å². The van der Waals surface area contributed by atoms with Gasteiger partial charge in [-0.05, 0) is 137 Å². The summed E-state index contributed by atoms with van der Waals surface area (Å²) in [6, 6.07) is 77.1. The number of ether oxygens (including phenoxy) is 3. The van der Waals surface area contributed by atoms with E-state index in [1.807, 2.05) is 45.1 Å². The first-order valence-electron chi connectivity index (χ1n) is 28.6. The van der Waals surface area contributed by atoms with Gasteiger partial charge in [-0.15, -0.1) is 0 Å². The average molecular weight is 1080 g/mol. The molecule has 11 rings (SSSR count). The summed E-state index contributed by atoms with van der Waals surface area (Å²) in [5.74, 6) is 1.80. The molecule has 0 aromatic heterocycles. The van der Waals surface area contributed by atoms with Gasteiger partial charge in [0.2, 0.25) is 0 Å². The van der Waals surface area contributed by atoms with E-state index in [0.29, 0.717) is 6.61 Å². The molecule has 0 saturated heterocycles. The third kappa shape index (κ3) is 13.9. The van der Waals surface area contributed by atoms with E-state index in [1.54, 1.807) is 21.3 Å². The monoisotopic (exact) mass is 1080 g/mol. The number of benzene rings is 10. The summed E-state index contributed by atoms with van der Waals surface area (Å²) in [7, 11) is 5.18. The van der Waals surface area contributed by atoms with Crippen LogP contribution in [-0.2, 0) is 17.8 Å². The highest BCUT2D eigenvalue weighted by molar-refractivity contribution is 6.01. The van der Waals surface area contributed by atoms with Gasteiger partial charge < -0.3 is 19.9 Å². The van der Waals surface area contributed by atoms with Gasteiger partial charge in [0.1, 0.15) is 11.5 Å². The van der Waals surface area contributed by atoms with Crippen molar-refractivity contribution in [2.75, 3.05) is 21.3 Å². The Morgan fingerprint density at radius 3 is 1.55 bits per heavy atom. The van der Waals surface area contributed by atoms with Gasteiger partial charge in [0.15, 0.2) is 0 Å². The van der Waals surface area contributed by atoms with Crippen molar-refractivity contribution in [1.82, 2.24) is 0 Å². The van der Waals surface area contributed by atoms with Crippen molar-refractivity contribution in [3.8, 4) is 44.9 Å². The molecular formula is C79H73NO3. The molecule has 0 fully saturated rings. The zero-order chi connectivity index (χ0) is 57.9. The average Bonchev–Trinajstić information content (AvgIpc) is 4.03. The van der Waals surface area contributed by atoms with Crippen LogP contribution in [-0.4, -0.2) is 21.3 Å². The SMILES string of the molecule is C/C=C(\N)c1ccc(-c2ccc(-c3ccc(OC)c4ccccc34)cc2)cc1.C=C/C=C(/c1ccc(-c2ccc(/C=C/Cc3ccc(C4=CCC=C(c5ccc(OC)c6ccccc56)C=C4)cc3)cc2)cc1)c1ccccc1COC.CC. The highest BCUT2D eigenvalue weighted by Crippen LogP contribution is 2.37. The summed E-state index contributed by atoms with van der Waals surface area (Å²) in [4.78, 5) is 0. The van der Waals surface area contributed by atoms with Crippen LogP contribution < -0.4 is 15.2 Å². The van der Waals surface area contributed by atoms with Gasteiger partial charge in [-0.3, -0.25) is 0 Å². The number of fused-ring (bicyclic) bond motifs is 2. The molecule has 0 unspecified atom stereocenters. The second-order valence-electron chi connectivity index (χ2n) is 19.9. The summed E-state index contributed by atoms with van der Waals surface area (Å²) < 4.78 is 16.6. The van der Waals surface area contributed by atoms with Crippen LogP contribution >= 0.6 is 0 Å². The maximum Gasteiger partial charge on any atom is 0.126 e. The van der Waals surface area contributed by atoms with Gasteiger partial charge in [0.25, 0.3) is 0 Å². The predicted octanol–water partition coefficient (Wildman–Crippen LogP) is 20.5. The molecule has 0 spiro atoms. The summed E-state index contributed by atoms with van der Waals surface area (Å²) in [6.45, 7) is 10.5. The first-order chi connectivity index (χ1) is 40.9. The topological polar surface area (TPSA) is 53.7 Å². The van der Waals surface area contributed by atoms with Crippen LogP contribution in [0.2, 0.25) is 0 Å². The van der Waals surface area contributed by atoms with Crippen molar-refractivity contribution >= 4 is 50.0 Å². The molecule has 0 saturated carbocycles. The Bertz CT molecular complexity index is 4000. The highest BCUT2D eigenvalue weighted by atomic mass is 16.5. The Balaban J connectivity index is 0.000000231. The fraction of sp³-hybridized carbons (Fsp3) is 0.114. The second kappa shape index (κ2) is 28.6. The summed E-state index contributed by atoms with van der Waals surface area (Å²) in [5, 5.41) is 4.66. The van der Waals surface area contributed by atoms with Crippen molar-refractivity contribution in [1.29, 1.82) is 0 Å². The minimum absolute atomic E-state index is 0.566. The highest BCUT2D eigenvalue weighted by Gasteiger charge is 2.13. The Morgan fingerprint density at radius 2 is 0.976 bits per heavy atom. The smallest absolute Gasteiger partial charge is 0.126 e. The zero-order valence-electron chi connectivity index (χ0n) is 48.6. The lowest BCUT2D eigenvalue weighted by Gasteiger charge is -2.14. The van der Waals surface area contributed by atoms with E-state index in [4.69, 9.17) is 19.9 Å². The molecule has 83 heavy (non-hydrogen) atoms. The first kappa shape index (κ1) is 57.9.